The van der Waals surface area contributed by atoms with Crippen LogP contribution in [0.15, 0.2) is 54.9 Å². The second kappa shape index (κ2) is 9.08. The van der Waals surface area contributed by atoms with Crippen molar-refractivity contribution in [2.75, 3.05) is 5.75 Å². The predicted octanol–water partition coefficient (Wildman–Crippen LogP) is 5.89. The van der Waals surface area contributed by atoms with Crippen LogP contribution >= 0.6 is 11.6 Å². The minimum absolute atomic E-state index is 0.0364. The third kappa shape index (κ3) is 4.70. The average Bonchev–Trinajstić information content (AvgIpc) is 3.19. The Hall–Kier alpha value is -3.03. The first kappa shape index (κ1) is 23.1. The first-order chi connectivity index (χ1) is 15.7. The summed E-state index contributed by atoms with van der Waals surface area (Å²) < 4.78 is 39.5. The van der Waals surface area contributed by atoms with Crippen molar-refractivity contribution in [3.63, 3.8) is 0 Å². The van der Waals surface area contributed by atoms with Gasteiger partial charge in [0, 0.05) is 33.9 Å². The molecule has 2 aromatic heterocycles. The standard InChI is InChI=1S/C25H22ClFN2O3S/c1-3-10-33(31,32)14-17-6-9-22(27)23(15(17)2)24(30)21-13-29-25-20(21)11-18(12-28-25)16-4-7-19(26)8-5-16/h4-9,11-13H,3,10,14H2,1-2H3,(H,28,29). The summed E-state index contributed by atoms with van der Waals surface area (Å²) in [5.74, 6) is -1.41. The van der Waals surface area contributed by atoms with E-state index in [1.54, 1.807) is 32.2 Å². The van der Waals surface area contributed by atoms with Gasteiger partial charge < -0.3 is 4.98 Å². The van der Waals surface area contributed by atoms with Gasteiger partial charge >= 0.3 is 0 Å². The van der Waals surface area contributed by atoms with Crippen molar-refractivity contribution in [2.24, 2.45) is 0 Å². The van der Waals surface area contributed by atoms with Crippen LogP contribution in [0.25, 0.3) is 22.2 Å². The number of pyridine rings is 1. The molecule has 0 fully saturated rings. The van der Waals surface area contributed by atoms with Crippen molar-refractivity contribution >= 4 is 38.3 Å². The minimum atomic E-state index is -3.35. The van der Waals surface area contributed by atoms with Crippen LogP contribution in [0.3, 0.4) is 0 Å². The normalized spacial score (nSPS) is 11.8. The van der Waals surface area contributed by atoms with E-state index in [0.717, 1.165) is 17.2 Å². The Morgan fingerprint density at radius 1 is 1.12 bits per heavy atom. The molecule has 4 aromatic rings. The van der Waals surface area contributed by atoms with Gasteiger partial charge in [-0.05, 0) is 54.3 Å². The Balaban J connectivity index is 1.78. The van der Waals surface area contributed by atoms with Crippen molar-refractivity contribution in [1.82, 2.24) is 9.97 Å². The zero-order valence-electron chi connectivity index (χ0n) is 18.2. The number of ketones is 1. The number of hydrogen-bond donors (Lipinski definition) is 1. The van der Waals surface area contributed by atoms with E-state index in [4.69, 9.17) is 11.6 Å². The maximum Gasteiger partial charge on any atom is 0.198 e. The molecule has 33 heavy (non-hydrogen) atoms. The highest BCUT2D eigenvalue weighted by Crippen LogP contribution is 2.29. The Morgan fingerprint density at radius 3 is 2.55 bits per heavy atom. The zero-order valence-corrected chi connectivity index (χ0v) is 19.7. The number of rotatable bonds is 7. The highest BCUT2D eigenvalue weighted by molar-refractivity contribution is 7.90. The van der Waals surface area contributed by atoms with E-state index in [1.165, 1.54) is 12.3 Å². The number of H-pyrrole nitrogens is 1. The van der Waals surface area contributed by atoms with Crippen LogP contribution in [0.1, 0.15) is 40.4 Å². The fourth-order valence-electron chi connectivity index (χ4n) is 3.90. The van der Waals surface area contributed by atoms with Crippen molar-refractivity contribution in [1.29, 1.82) is 0 Å². The Labute approximate surface area is 196 Å². The van der Waals surface area contributed by atoms with Gasteiger partial charge in [0.1, 0.15) is 11.5 Å². The number of halogens is 2. The third-order valence-electron chi connectivity index (χ3n) is 5.60. The molecule has 0 atom stereocenters. The van der Waals surface area contributed by atoms with Crippen LogP contribution in [-0.2, 0) is 15.6 Å². The SMILES string of the molecule is CCCS(=O)(=O)Cc1ccc(F)c(C(=O)c2c[nH]c3ncc(-c4ccc(Cl)cc4)cc23)c1C. The fourth-order valence-corrected chi connectivity index (χ4v) is 5.58. The molecule has 0 saturated heterocycles. The van der Waals surface area contributed by atoms with E-state index in [-0.39, 0.29) is 22.6 Å². The summed E-state index contributed by atoms with van der Waals surface area (Å²) in [5.41, 5.74) is 3.05. The van der Waals surface area contributed by atoms with Crippen molar-refractivity contribution < 1.29 is 17.6 Å². The molecule has 0 aliphatic heterocycles. The largest absolute Gasteiger partial charge is 0.345 e. The summed E-state index contributed by atoms with van der Waals surface area (Å²) in [6.07, 6.45) is 3.68. The lowest BCUT2D eigenvalue weighted by atomic mass is 9.95. The second-order valence-electron chi connectivity index (χ2n) is 7.96. The van der Waals surface area contributed by atoms with Gasteiger partial charge in [0.05, 0.1) is 17.1 Å². The molecule has 0 spiro atoms. The van der Waals surface area contributed by atoms with Crippen LogP contribution < -0.4 is 0 Å². The summed E-state index contributed by atoms with van der Waals surface area (Å²) in [6, 6.07) is 11.6. The highest BCUT2D eigenvalue weighted by Gasteiger charge is 2.24. The molecule has 0 aliphatic rings. The minimum Gasteiger partial charge on any atom is -0.345 e. The molecule has 4 rings (SSSR count). The van der Waals surface area contributed by atoms with Crippen molar-refractivity contribution in [2.45, 2.75) is 26.0 Å². The quantitative estimate of drug-likeness (QED) is 0.332. The molecular weight excluding hydrogens is 463 g/mol. The van der Waals surface area contributed by atoms with Crippen LogP contribution in [0.2, 0.25) is 5.02 Å². The molecular formula is C25H22ClFN2O3S. The lowest BCUT2D eigenvalue weighted by molar-refractivity contribution is 0.103. The lowest BCUT2D eigenvalue weighted by Gasteiger charge is -2.12. The van der Waals surface area contributed by atoms with E-state index >= 15 is 0 Å². The molecule has 0 radical (unpaired) electrons. The number of hydrogen-bond acceptors (Lipinski definition) is 4. The highest BCUT2D eigenvalue weighted by atomic mass is 35.5. The monoisotopic (exact) mass is 484 g/mol. The van der Waals surface area contributed by atoms with E-state index in [2.05, 4.69) is 9.97 Å². The summed E-state index contributed by atoms with van der Waals surface area (Å²) in [5, 5.41) is 1.16. The molecule has 1 N–H and O–H groups in total. The second-order valence-corrected chi connectivity index (χ2v) is 10.6. The Bertz CT molecular complexity index is 1460. The van der Waals surface area contributed by atoms with Gasteiger partial charge in [-0.3, -0.25) is 4.79 Å². The topological polar surface area (TPSA) is 79.9 Å². The number of benzene rings is 2. The number of carbonyl (C=O) groups excluding carboxylic acids is 1. The maximum atomic E-state index is 14.8. The summed E-state index contributed by atoms with van der Waals surface area (Å²) in [6.45, 7) is 3.37. The first-order valence-corrected chi connectivity index (χ1v) is 12.7. The molecule has 0 unspecified atom stereocenters. The molecule has 0 amide bonds. The number of aromatic amines is 1. The molecule has 170 valence electrons. The fraction of sp³-hybridized carbons (Fsp3) is 0.200. The van der Waals surface area contributed by atoms with Crippen molar-refractivity contribution in [3.05, 3.63) is 88.0 Å². The number of carbonyl (C=O) groups is 1. The number of aromatic nitrogens is 2. The zero-order chi connectivity index (χ0) is 23.8. The van der Waals surface area contributed by atoms with Gasteiger partial charge in [0.25, 0.3) is 0 Å². The predicted molar refractivity (Wildman–Crippen MR) is 129 cm³/mol. The van der Waals surface area contributed by atoms with Crippen LogP contribution in [0.5, 0.6) is 0 Å². The molecule has 0 bridgehead atoms. The number of nitrogens with zero attached hydrogens (tertiary/aromatic N) is 1. The van der Waals surface area contributed by atoms with Gasteiger partial charge in [-0.25, -0.2) is 17.8 Å². The van der Waals surface area contributed by atoms with Gasteiger partial charge in [-0.15, -0.1) is 0 Å². The van der Waals surface area contributed by atoms with E-state index in [9.17, 15) is 17.6 Å². The molecule has 8 heteroatoms. The number of nitrogens with one attached hydrogen (secondary N) is 1. The van der Waals surface area contributed by atoms with Gasteiger partial charge in [-0.1, -0.05) is 36.7 Å². The van der Waals surface area contributed by atoms with Crippen LogP contribution in [0.4, 0.5) is 4.39 Å². The Kier molecular flexibility index (Phi) is 6.36. The Morgan fingerprint density at radius 2 is 1.85 bits per heavy atom. The van der Waals surface area contributed by atoms with Gasteiger partial charge in [0.2, 0.25) is 0 Å². The van der Waals surface area contributed by atoms with E-state index < -0.39 is 21.4 Å². The van der Waals surface area contributed by atoms with Crippen molar-refractivity contribution in [3.8, 4) is 11.1 Å². The molecule has 5 nitrogen and oxygen atoms in total. The molecule has 2 aromatic carbocycles. The van der Waals surface area contributed by atoms with E-state index in [1.807, 2.05) is 18.2 Å². The molecule has 0 saturated carbocycles. The molecule has 0 aliphatic carbocycles. The maximum absolute atomic E-state index is 14.8. The number of fused-ring (bicyclic) bond motifs is 1. The summed E-state index contributed by atoms with van der Waals surface area (Å²) in [4.78, 5) is 20.8. The van der Waals surface area contributed by atoms with Crippen LogP contribution in [-0.4, -0.2) is 29.9 Å². The lowest BCUT2D eigenvalue weighted by Crippen LogP contribution is -2.13. The van der Waals surface area contributed by atoms with E-state index in [0.29, 0.717) is 33.6 Å². The van der Waals surface area contributed by atoms with Gasteiger partial charge in [-0.2, -0.15) is 0 Å². The average molecular weight is 485 g/mol. The summed E-state index contributed by atoms with van der Waals surface area (Å²) >= 11 is 5.97. The first-order valence-electron chi connectivity index (χ1n) is 10.5. The van der Waals surface area contributed by atoms with Gasteiger partial charge in [0.15, 0.2) is 15.6 Å². The smallest absolute Gasteiger partial charge is 0.198 e. The third-order valence-corrected chi connectivity index (χ3v) is 7.63. The van der Waals surface area contributed by atoms with Crippen LogP contribution in [0, 0.1) is 12.7 Å². The molecule has 2 heterocycles. The number of sulfone groups is 1. The summed E-state index contributed by atoms with van der Waals surface area (Å²) in [7, 11) is -3.35.